The van der Waals surface area contributed by atoms with Gasteiger partial charge in [0.15, 0.2) is 0 Å². The molecule has 30 heavy (non-hydrogen) atoms. The molecule has 0 saturated carbocycles. The van der Waals surface area contributed by atoms with Gasteiger partial charge in [0.05, 0.1) is 30.7 Å². The zero-order chi connectivity index (χ0) is 21.1. The zero-order valence-electron chi connectivity index (χ0n) is 16.5. The van der Waals surface area contributed by atoms with Gasteiger partial charge < -0.3 is 14.8 Å². The van der Waals surface area contributed by atoms with Crippen LogP contribution in [0, 0.1) is 0 Å². The number of methoxy groups -OCH3 is 1. The summed E-state index contributed by atoms with van der Waals surface area (Å²) in [5.74, 6) is 0.364. The Balaban J connectivity index is 1.78. The molecule has 0 bridgehead atoms. The Labute approximate surface area is 178 Å². The van der Waals surface area contributed by atoms with Crippen LogP contribution in [0.2, 0.25) is 0 Å². The number of ether oxygens (including phenoxy) is 2. The first-order valence-electron chi connectivity index (χ1n) is 9.44. The van der Waals surface area contributed by atoms with Crippen molar-refractivity contribution < 1.29 is 19.1 Å². The average Bonchev–Trinajstić information content (AvgIpc) is 3.36. The van der Waals surface area contributed by atoms with Gasteiger partial charge in [0.1, 0.15) is 17.2 Å². The van der Waals surface area contributed by atoms with Crippen molar-refractivity contribution in [3.05, 3.63) is 76.6 Å². The number of anilines is 2. The van der Waals surface area contributed by atoms with Crippen molar-refractivity contribution in [2.75, 3.05) is 23.9 Å². The largest absolute Gasteiger partial charge is 0.495 e. The Morgan fingerprint density at radius 1 is 1.00 bits per heavy atom. The summed E-state index contributed by atoms with van der Waals surface area (Å²) in [5.41, 5.74) is 1.62. The maximum atomic E-state index is 13.4. The van der Waals surface area contributed by atoms with Crippen molar-refractivity contribution in [3.8, 4) is 11.5 Å². The highest BCUT2D eigenvalue weighted by Crippen LogP contribution is 2.37. The molecule has 0 radical (unpaired) electrons. The Bertz CT molecular complexity index is 1120. The van der Waals surface area contributed by atoms with Crippen LogP contribution >= 0.6 is 11.3 Å². The van der Waals surface area contributed by atoms with Gasteiger partial charge in [0.2, 0.25) is 0 Å². The predicted molar refractivity (Wildman–Crippen MR) is 118 cm³/mol. The van der Waals surface area contributed by atoms with Crippen LogP contribution < -0.4 is 19.7 Å². The first-order valence-corrected chi connectivity index (χ1v) is 10.3. The van der Waals surface area contributed by atoms with Gasteiger partial charge in [-0.1, -0.05) is 24.3 Å². The highest BCUT2D eigenvalue weighted by atomic mass is 32.1. The molecule has 1 aliphatic rings. The Morgan fingerprint density at radius 3 is 2.57 bits per heavy atom. The lowest BCUT2D eigenvalue weighted by Gasteiger charge is -2.17. The molecule has 4 rings (SSSR count). The van der Waals surface area contributed by atoms with Crippen LogP contribution in [0.15, 0.2) is 71.7 Å². The van der Waals surface area contributed by atoms with E-state index in [9.17, 15) is 9.59 Å². The summed E-state index contributed by atoms with van der Waals surface area (Å²) in [7, 11) is 1.56. The molecule has 6 nitrogen and oxygen atoms in total. The molecule has 2 aromatic carbocycles. The molecule has 0 atom stereocenters. The van der Waals surface area contributed by atoms with Crippen molar-refractivity contribution >= 4 is 40.1 Å². The summed E-state index contributed by atoms with van der Waals surface area (Å²) in [4.78, 5) is 28.7. The molecule has 7 heteroatoms. The number of para-hydroxylation sites is 2. The minimum atomic E-state index is -0.428. The van der Waals surface area contributed by atoms with E-state index in [2.05, 4.69) is 5.32 Å². The van der Waals surface area contributed by atoms with Gasteiger partial charge in [0.25, 0.3) is 11.8 Å². The van der Waals surface area contributed by atoms with Crippen molar-refractivity contribution in [1.29, 1.82) is 0 Å². The molecule has 0 spiro atoms. The average molecular weight is 420 g/mol. The number of nitrogens with zero attached hydrogens (tertiary/aromatic N) is 1. The number of nitrogens with one attached hydrogen (secondary N) is 1. The van der Waals surface area contributed by atoms with Gasteiger partial charge >= 0.3 is 0 Å². The molecular weight excluding hydrogens is 400 g/mol. The lowest BCUT2D eigenvalue weighted by atomic mass is 10.1. The summed E-state index contributed by atoms with van der Waals surface area (Å²) in [6, 6.07) is 17.9. The maximum Gasteiger partial charge on any atom is 0.282 e. The van der Waals surface area contributed by atoms with Gasteiger partial charge in [-0.2, -0.15) is 0 Å². The molecule has 0 aliphatic carbocycles. The van der Waals surface area contributed by atoms with E-state index in [4.69, 9.17) is 9.47 Å². The number of benzene rings is 2. The second-order valence-corrected chi connectivity index (χ2v) is 7.38. The fraction of sp³-hybridized carbons (Fsp3) is 0.130. The summed E-state index contributed by atoms with van der Waals surface area (Å²) in [5, 5.41) is 5.01. The van der Waals surface area contributed by atoms with Crippen LogP contribution in [0.25, 0.3) is 5.57 Å². The van der Waals surface area contributed by atoms with Crippen molar-refractivity contribution in [3.63, 3.8) is 0 Å². The Hall–Kier alpha value is -3.58. The van der Waals surface area contributed by atoms with E-state index in [0.29, 0.717) is 39.9 Å². The number of hydrogen-bond donors (Lipinski definition) is 1. The van der Waals surface area contributed by atoms with Crippen LogP contribution in [0.4, 0.5) is 11.4 Å². The normalized spacial score (nSPS) is 13.7. The molecule has 1 aliphatic heterocycles. The number of carbonyl (C=O) groups excluding carboxylic acids is 2. The molecule has 152 valence electrons. The first kappa shape index (κ1) is 19.7. The molecule has 0 unspecified atom stereocenters. The van der Waals surface area contributed by atoms with Crippen LogP contribution in [-0.2, 0) is 9.59 Å². The fourth-order valence-electron chi connectivity index (χ4n) is 3.29. The van der Waals surface area contributed by atoms with E-state index in [1.165, 1.54) is 16.2 Å². The van der Waals surface area contributed by atoms with Crippen LogP contribution in [-0.4, -0.2) is 25.5 Å². The van der Waals surface area contributed by atoms with E-state index in [1.54, 1.807) is 43.5 Å². The van der Waals surface area contributed by atoms with Gasteiger partial charge in [0, 0.05) is 10.9 Å². The summed E-state index contributed by atoms with van der Waals surface area (Å²) >= 11 is 1.41. The maximum absolute atomic E-state index is 13.4. The van der Waals surface area contributed by atoms with Gasteiger partial charge in [-0.15, -0.1) is 11.3 Å². The van der Waals surface area contributed by atoms with Crippen LogP contribution in [0.1, 0.15) is 11.8 Å². The molecular formula is C23H20N2O4S. The third-order valence-corrected chi connectivity index (χ3v) is 5.49. The van der Waals surface area contributed by atoms with Gasteiger partial charge in [-0.25, -0.2) is 4.90 Å². The minimum absolute atomic E-state index is 0.216. The zero-order valence-corrected chi connectivity index (χ0v) is 17.4. The van der Waals surface area contributed by atoms with Crippen molar-refractivity contribution in [2.45, 2.75) is 6.92 Å². The number of thiophene rings is 1. The topological polar surface area (TPSA) is 67.9 Å². The predicted octanol–water partition coefficient (Wildman–Crippen LogP) is 4.55. The van der Waals surface area contributed by atoms with E-state index in [1.807, 2.05) is 36.6 Å². The molecule has 2 amide bonds. The molecule has 2 heterocycles. The second-order valence-electron chi connectivity index (χ2n) is 6.43. The molecule has 3 aromatic rings. The second kappa shape index (κ2) is 8.42. The number of imide groups is 1. The smallest absolute Gasteiger partial charge is 0.282 e. The standard InChI is InChI=1S/C23H20N2O4S/c1-3-29-16-9-6-8-15(14-16)25-22(26)20(19-12-7-13-30-19)21(23(25)27)24-17-10-4-5-11-18(17)28-2/h4-14,24H,3H2,1-2H3. The quantitative estimate of drug-likeness (QED) is 0.568. The third kappa shape index (κ3) is 3.55. The first-order chi connectivity index (χ1) is 14.6. The Morgan fingerprint density at radius 2 is 1.83 bits per heavy atom. The number of amides is 2. The molecule has 0 saturated heterocycles. The summed E-state index contributed by atoms with van der Waals surface area (Å²) in [6.45, 7) is 2.37. The van der Waals surface area contributed by atoms with Crippen molar-refractivity contribution in [1.82, 2.24) is 0 Å². The minimum Gasteiger partial charge on any atom is -0.495 e. The van der Waals surface area contributed by atoms with Crippen molar-refractivity contribution in [2.24, 2.45) is 0 Å². The summed E-state index contributed by atoms with van der Waals surface area (Å²) < 4.78 is 10.9. The fourth-order valence-corrected chi connectivity index (χ4v) is 4.06. The SMILES string of the molecule is CCOc1cccc(N2C(=O)C(Nc3ccccc3OC)=C(c3cccs3)C2=O)c1. The number of hydrogen-bond acceptors (Lipinski definition) is 6. The number of rotatable bonds is 7. The highest BCUT2D eigenvalue weighted by molar-refractivity contribution is 7.11. The third-order valence-electron chi connectivity index (χ3n) is 4.60. The number of carbonyl (C=O) groups is 2. The lowest BCUT2D eigenvalue weighted by Crippen LogP contribution is -2.32. The Kier molecular flexibility index (Phi) is 5.54. The van der Waals surface area contributed by atoms with Gasteiger partial charge in [-0.05, 0) is 42.6 Å². The summed E-state index contributed by atoms with van der Waals surface area (Å²) in [6.07, 6.45) is 0. The lowest BCUT2D eigenvalue weighted by molar-refractivity contribution is -0.120. The molecule has 1 aromatic heterocycles. The van der Waals surface area contributed by atoms with E-state index >= 15 is 0 Å². The van der Waals surface area contributed by atoms with E-state index in [-0.39, 0.29) is 11.6 Å². The molecule has 1 N–H and O–H groups in total. The highest BCUT2D eigenvalue weighted by Gasteiger charge is 2.41. The van der Waals surface area contributed by atoms with Crippen LogP contribution in [0.5, 0.6) is 11.5 Å². The van der Waals surface area contributed by atoms with Crippen LogP contribution in [0.3, 0.4) is 0 Å². The van der Waals surface area contributed by atoms with Gasteiger partial charge in [-0.3, -0.25) is 9.59 Å². The van der Waals surface area contributed by atoms with E-state index in [0.717, 1.165) is 0 Å². The monoisotopic (exact) mass is 420 g/mol. The van der Waals surface area contributed by atoms with E-state index < -0.39 is 5.91 Å². The molecule has 0 fully saturated rings.